The first kappa shape index (κ1) is 31.7. The van der Waals surface area contributed by atoms with Crippen molar-refractivity contribution in [3.8, 4) is 66.8 Å². The minimum absolute atomic E-state index is 1.22. The number of hydrogen-bond acceptors (Lipinski definition) is 0. The number of hydrogen-bond donors (Lipinski definition) is 0. The maximum Gasteiger partial charge on any atom is -0.00259 e. The van der Waals surface area contributed by atoms with Gasteiger partial charge in [-0.1, -0.05) is 206 Å². The van der Waals surface area contributed by atoms with Crippen LogP contribution in [0, 0.1) is 0 Å². The first-order chi connectivity index (χ1) is 26.8. The molecule has 0 fully saturated rings. The SMILES string of the molecule is c1ccc(-c2ccc(-c3ccc(-c4cc5cc(-c6ccc(-c7ccc(-c8ccccc8)cc7)cc6)c6ccccc6c5c5ccccc45)cc3)cc2)cc1. The highest BCUT2D eigenvalue weighted by Crippen LogP contribution is 2.42. The lowest BCUT2D eigenvalue weighted by molar-refractivity contribution is 1.58. The smallest absolute Gasteiger partial charge is 0.00259 e. The van der Waals surface area contributed by atoms with Crippen molar-refractivity contribution in [3.05, 3.63) is 218 Å². The molecule has 252 valence electrons. The van der Waals surface area contributed by atoms with E-state index in [1.165, 1.54) is 99.1 Å². The number of benzene rings is 10. The lowest BCUT2D eigenvalue weighted by atomic mass is 9.87. The van der Waals surface area contributed by atoms with E-state index in [-0.39, 0.29) is 0 Å². The molecule has 0 bridgehead atoms. The van der Waals surface area contributed by atoms with Gasteiger partial charge in [0.2, 0.25) is 0 Å². The minimum atomic E-state index is 1.22. The van der Waals surface area contributed by atoms with E-state index in [2.05, 4.69) is 218 Å². The zero-order valence-electron chi connectivity index (χ0n) is 29.8. The average Bonchev–Trinajstić information content (AvgIpc) is 3.26. The summed E-state index contributed by atoms with van der Waals surface area (Å²) >= 11 is 0. The second kappa shape index (κ2) is 13.5. The summed E-state index contributed by atoms with van der Waals surface area (Å²) in [6.07, 6.45) is 0. The highest BCUT2D eigenvalue weighted by molar-refractivity contribution is 6.25. The summed E-state index contributed by atoms with van der Waals surface area (Å²) in [4.78, 5) is 0. The van der Waals surface area contributed by atoms with Crippen molar-refractivity contribution in [3.63, 3.8) is 0 Å². The van der Waals surface area contributed by atoms with Gasteiger partial charge in [-0.3, -0.25) is 0 Å². The molecule has 0 unspecified atom stereocenters. The van der Waals surface area contributed by atoms with E-state index in [1.807, 2.05) is 0 Å². The van der Waals surface area contributed by atoms with Gasteiger partial charge in [0.15, 0.2) is 0 Å². The zero-order valence-corrected chi connectivity index (χ0v) is 29.8. The first-order valence-corrected chi connectivity index (χ1v) is 18.7. The predicted octanol–water partition coefficient (Wildman–Crippen LogP) is 15.1. The Kier molecular flexibility index (Phi) is 7.93. The van der Waals surface area contributed by atoms with Crippen molar-refractivity contribution in [2.45, 2.75) is 0 Å². The molecule has 0 atom stereocenters. The van der Waals surface area contributed by atoms with Gasteiger partial charge in [0.05, 0.1) is 0 Å². The highest BCUT2D eigenvalue weighted by atomic mass is 14.2. The largest absolute Gasteiger partial charge is 0.0622 e. The van der Waals surface area contributed by atoms with Crippen molar-refractivity contribution < 1.29 is 0 Å². The van der Waals surface area contributed by atoms with Crippen LogP contribution < -0.4 is 0 Å². The fourth-order valence-corrected chi connectivity index (χ4v) is 8.11. The molecule has 10 aromatic carbocycles. The Balaban J connectivity index is 1.03. The van der Waals surface area contributed by atoms with Crippen LogP contribution in [0.1, 0.15) is 0 Å². The summed E-state index contributed by atoms with van der Waals surface area (Å²) in [6, 6.07) is 79.6. The molecule has 0 spiro atoms. The fraction of sp³-hybridized carbons (Fsp3) is 0. The van der Waals surface area contributed by atoms with Gasteiger partial charge in [0.1, 0.15) is 0 Å². The Hall–Kier alpha value is -7.02. The molecule has 0 saturated carbocycles. The molecule has 0 saturated heterocycles. The fourth-order valence-electron chi connectivity index (χ4n) is 8.11. The molecule has 0 amide bonds. The molecule has 10 aromatic rings. The zero-order chi connectivity index (χ0) is 35.8. The van der Waals surface area contributed by atoms with Crippen LogP contribution in [0.2, 0.25) is 0 Å². The summed E-state index contributed by atoms with van der Waals surface area (Å²) in [6.45, 7) is 0. The van der Waals surface area contributed by atoms with Gasteiger partial charge in [0.25, 0.3) is 0 Å². The molecular formula is C54H36. The quantitative estimate of drug-likeness (QED) is 0.153. The van der Waals surface area contributed by atoms with E-state index in [4.69, 9.17) is 0 Å². The molecule has 0 heteroatoms. The molecule has 0 radical (unpaired) electrons. The van der Waals surface area contributed by atoms with Gasteiger partial charge in [-0.25, -0.2) is 0 Å². The number of rotatable bonds is 6. The van der Waals surface area contributed by atoms with Crippen molar-refractivity contribution in [2.75, 3.05) is 0 Å². The van der Waals surface area contributed by atoms with Crippen LogP contribution in [0.25, 0.3) is 99.1 Å². The van der Waals surface area contributed by atoms with Crippen molar-refractivity contribution in [2.24, 2.45) is 0 Å². The highest BCUT2D eigenvalue weighted by Gasteiger charge is 2.15. The van der Waals surface area contributed by atoms with Gasteiger partial charge < -0.3 is 0 Å². The molecule has 0 aliphatic heterocycles. The monoisotopic (exact) mass is 684 g/mol. The molecule has 0 aliphatic rings. The van der Waals surface area contributed by atoms with Crippen LogP contribution >= 0.6 is 0 Å². The van der Waals surface area contributed by atoms with Crippen LogP contribution in [0.3, 0.4) is 0 Å². The van der Waals surface area contributed by atoms with Crippen molar-refractivity contribution in [1.29, 1.82) is 0 Å². The van der Waals surface area contributed by atoms with E-state index in [0.717, 1.165) is 0 Å². The normalized spacial score (nSPS) is 11.3. The van der Waals surface area contributed by atoms with Gasteiger partial charge in [0, 0.05) is 0 Å². The summed E-state index contributed by atoms with van der Waals surface area (Å²) in [5.74, 6) is 0. The Labute approximate surface area is 316 Å². The second-order valence-electron chi connectivity index (χ2n) is 14.1. The lowest BCUT2D eigenvalue weighted by Gasteiger charge is -2.16. The molecule has 0 nitrogen and oxygen atoms in total. The van der Waals surface area contributed by atoms with Crippen LogP contribution in [0.4, 0.5) is 0 Å². The first-order valence-electron chi connectivity index (χ1n) is 18.7. The molecular weight excluding hydrogens is 649 g/mol. The van der Waals surface area contributed by atoms with E-state index in [0.29, 0.717) is 0 Å². The average molecular weight is 685 g/mol. The van der Waals surface area contributed by atoms with E-state index in [1.54, 1.807) is 0 Å². The van der Waals surface area contributed by atoms with Crippen LogP contribution in [0.15, 0.2) is 218 Å². The van der Waals surface area contributed by atoms with Crippen molar-refractivity contribution in [1.82, 2.24) is 0 Å². The molecule has 0 N–H and O–H groups in total. The van der Waals surface area contributed by atoms with Gasteiger partial charge >= 0.3 is 0 Å². The topological polar surface area (TPSA) is 0 Å². The number of fused-ring (bicyclic) bond motifs is 5. The van der Waals surface area contributed by atoms with E-state index >= 15 is 0 Å². The Morgan fingerprint density at radius 2 is 0.426 bits per heavy atom. The maximum atomic E-state index is 2.40. The molecule has 10 rings (SSSR count). The van der Waals surface area contributed by atoms with E-state index < -0.39 is 0 Å². The second-order valence-corrected chi connectivity index (χ2v) is 14.1. The summed E-state index contributed by atoms with van der Waals surface area (Å²) in [5, 5.41) is 7.65. The van der Waals surface area contributed by atoms with Gasteiger partial charge in [-0.05, 0) is 111 Å². The third kappa shape index (κ3) is 5.75. The third-order valence-corrected chi connectivity index (χ3v) is 10.9. The predicted molar refractivity (Wildman–Crippen MR) is 232 cm³/mol. The maximum absolute atomic E-state index is 2.40. The Morgan fingerprint density at radius 3 is 0.741 bits per heavy atom. The third-order valence-electron chi connectivity index (χ3n) is 10.9. The van der Waals surface area contributed by atoms with Gasteiger partial charge in [-0.2, -0.15) is 0 Å². The van der Waals surface area contributed by atoms with Crippen LogP contribution in [-0.4, -0.2) is 0 Å². The van der Waals surface area contributed by atoms with E-state index in [9.17, 15) is 0 Å². The Bertz CT molecular complexity index is 2700. The Morgan fingerprint density at radius 1 is 0.185 bits per heavy atom. The summed E-state index contributed by atoms with van der Waals surface area (Å²) < 4.78 is 0. The minimum Gasteiger partial charge on any atom is -0.0622 e. The molecule has 0 aliphatic carbocycles. The molecule has 54 heavy (non-hydrogen) atoms. The van der Waals surface area contributed by atoms with Gasteiger partial charge in [-0.15, -0.1) is 0 Å². The van der Waals surface area contributed by atoms with Crippen LogP contribution in [-0.2, 0) is 0 Å². The van der Waals surface area contributed by atoms with Crippen molar-refractivity contribution >= 4 is 32.3 Å². The molecule has 0 heterocycles. The lowest BCUT2D eigenvalue weighted by Crippen LogP contribution is -1.89. The summed E-state index contributed by atoms with van der Waals surface area (Å²) in [5.41, 5.74) is 14.7. The standard InChI is InChI=1S/C54H36/c1-3-11-37(12-4-1)39-19-23-41(24-20-39)43-27-31-45(32-28-43)52-35-47-36-53(49-16-8-10-18-51(49)54(47)50-17-9-7-15-48(50)52)46-33-29-44(30-34-46)42-25-21-40(22-26-42)38-13-5-2-6-14-38/h1-36H. The molecule has 0 aromatic heterocycles. The summed E-state index contributed by atoms with van der Waals surface area (Å²) in [7, 11) is 0. The van der Waals surface area contributed by atoms with Crippen LogP contribution in [0.5, 0.6) is 0 Å².